The third kappa shape index (κ3) is 6.13. The van der Waals surface area contributed by atoms with Gasteiger partial charge in [-0.25, -0.2) is 8.42 Å². The van der Waals surface area contributed by atoms with Crippen molar-refractivity contribution in [2.24, 2.45) is 0 Å². The van der Waals surface area contributed by atoms with Crippen LogP contribution in [0.5, 0.6) is 0 Å². The lowest BCUT2D eigenvalue weighted by atomic mass is 10.5. The lowest BCUT2D eigenvalue weighted by Crippen LogP contribution is -1.90. The van der Waals surface area contributed by atoms with Gasteiger partial charge in [-0.15, -0.1) is 0 Å². The van der Waals surface area contributed by atoms with E-state index in [4.69, 9.17) is 0 Å². The molecule has 0 fully saturated rings. The Kier molecular flexibility index (Phi) is 5.35. The van der Waals surface area contributed by atoms with E-state index in [2.05, 4.69) is 4.18 Å². The molecule has 0 rings (SSSR count). The van der Waals surface area contributed by atoms with Crippen LogP contribution in [0.4, 0.5) is 0 Å². The van der Waals surface area contributed by atoms with E-state index in [1.54, 1.807) is 0 Å². The third-order valence-electron chi connectivity index (χ3n) is 0.695. The molecule has 5 heteroatoms. The summed E-state index contributed by atoms with van der Waals surface area (Å²) in [7, 11) is -1.47. The minimum atomic E-state index is -2.60. The summed E-state index contributed by atoms with van der Waals surface area (Å²) in [6.45, 7) is 0.363. The van der Waals surface area contributed by atoms with Crippen molar-refractivity contribution in [1.29, 1.82) is 0 Å². The molecule has 0 aliphatic carbocycles. The van der Waals surface area contributed by atoms with Crippen LogP contribution in [0, 0.1) is 0 Å². The van der Waals surface area contributed by atoms with Crippen molar-refractivity contribution in [2.75, 3.05) is 6.61 Å². The summed E-state index contributed by atoms with van der Waals surface area (Å²) >= 11 is 0. The van der Waals surface area contributed by atoms with Crippen LogP contribution >= 0.6 is 0 Å². The fraction of sp³-hybridized carbons (Fsp3) is 1.00. The van der Waals surface area contributed by atoms with E-state index in [9.17, 15) is 8.42 Å². The van der Waals surface area contributed by atoms with Crippen molar-refractivity contribution >= 4 is 21.2 Å². The van der Waals surface area contributed by atoms with Gasteiger partial charge in [-0.2, -0.15) is 0 Å². The number of thiol groups is 1. The maximum atomic E-state index is 9.70. The highest BCUT2D eigenvalue weighted by atomic mass is 32.2. The highest BCUT2D eigenvalue weighted by Gasteiger charge is 1.83. The predicted octanol–water partition coefficient (Wildman–Crippen LogP) is -1.30. The molecule has 0 aliphatic heterocycles. The third-order valence-corrected chi connectivity index (χ3v) is 1.80. The first-order valence-electron chi connectivity index (χ1n) is 2.54. The quantitative estimate of drug-likeness (QED) is 0.311. The Balaban J connectivity index is 2.94. The smallest absolute Gasteiger partial charge is 0.257 e. The zero-order valence-electron chi connectivity index (χ0n) is 4.79. The maximum absolute atomic E-state index is 9.70. The van der Waals surface area contributed by atoms with E-state index >= 15 is 0 Å². The lowest BCUT2D eigenvalue weighted by molar-refractivity contribution is 0.333. The fourth-order valence-electron chi connectivity index (χ4n) is 0.283. The largest absolute Gasteiger partial charge is 0.272 e. The van der Waals surface area contributed by atoms with Crippen LogP contribution in [0.1, 0.15) is 6.42 Å². The molecule has 8 heavy (non-hydrogen) atoms. The van der Waals surface area contributed by atoms with Crippen LogP contribution in [0.3, 0.4) is 0 Å². The van der Waals surface area contributed by atoms with Crippen LogP contribution in [0.25, 0.3) is 0 Å². The highest BCUT2D eigenvalue weighted by Crippen LogP contribution is 1.84. The summed E-state index contributed by atoms with van der Waals surface area (Å²) in [5, 5.41) is 0. The van der Waals surface area contributed by atoms with Gasteiger partial charge in [0.2, 0.25) is 0 Å². The summed E-state index contributed by atoms with van der Waals surface area (Å²) in [5.41, 5.74) is 0. The van der Waals surface area contributed by atoms with Crippen molar-refractivity contribution in [3.05, 3.63) is 0 Å². The Morgan fingerprint density at radius 2 is 2.12 bits per heavy atom. The fourth-order valence-corrected chi connectivity index (χ4v) is 0.850. The van der Waals surface area contributed by atoms with Crippen LogP contribution in [0.2, 0.25) is 6.04 Å². The Morgan fingerprint density at radius 1 is 1.50 bits per heavy atom. The van der Waals surface area contributed by atoms with Crippen molar-refractivity contribution in [1.82, 2.24) is 0 Å². The average molecular weight is 154 g/mol. The summed E-state index contributed by atoms with van der Waals surface area (Å²) in [6.07, 6.45) is 0.871. The molecule has 0 amide bonds. The SMILES string of the molecule is O=[SH](=O)OCCC[SiH3]. The Morgan fingerprint density at radius 3 is 2.50 bits per heavy atom. The molecule has 0 saturated heterocycles. The molecule has 0 unspecified atom stereocenters. The van der Waals surface area contributed by atoms with E-state index in [0.717, 1.165) is 22.7 Å². The predicted molar refractivity (Wildman–Crippen MR) is 35.6 cm³/mol. The van der Waals surface area contributed by atoms with Gasteiger partial charge in [-0.3, -0.25) is 4.18 Å². The molecular formula is C3H10O3SSi. The molecule has 0 atom stereocenters. The first-order valence-corrected chi connectivity index (χ1v) is 5.05. The van der Waals surface area contributed by atoms with Gasteiger partial charge in [-0.1, -0.05) is 6.04 Å². The average Bonchev–Trinajstić information content (AvgIpc) is 1.66. The second-order valence-electron chi connectivity index (χ2n) is 1.41. The van der Waals surface area contributed by atoms with Gasteiger partial charge in [0.25, 0.3) is 11.0 Å². The molecule has 0 radical (unpaired) electrons. The van der Waals surface area contributed by atoms with Crippen LogP contribution < -0.4 is 0 Å². The number of rotatable bonds is 4. The van der Waals surface area contributed by atoms with E-state index in [-0.39, 0.29) is 0 Å². The molecule has 3 nitrogen and oxygen atoms in total. The summed E-state index contributed by atoms with van der Waals surface area (Å²) < 4.78 is 23.7. The number of hydrogen-bond donors (Lipinski definition) is 1. The first-order chi connectivity index (χ1) is 3.77. The van der Waals surface area contributed by atoms with E-state index in [1.165, 1.54) is 0 Å². The molecule has 0 aromatic carbocycles. The minimum absolute atomic E-state index is 0.363. The van der Waals surface area contributed by atoms with Gasteiger partial charge in [0.05, 0.1) is 6.61 Å². The highest BCUT2D eigenvalue weighted by molar-refractivity contribution is 7.67. The van der Waals surface area contributed by atoms with Gasteiger partial charge in [-0.05, 0) is 6.42 Å². The van der Waals surface area contributed by atoms with Gasteiger partial charge in [0.1, 0.15) is 0 Å². The molecule has 0 aliphatic rings. The topological polar surface area (TPSA) is 43.4 Å². The molecule has 50 valence electrons. The first kappa shape index (κ1) is 8.13. The standard InChI is InChI=1S/C3H10O3SSi/c4-7(5)6-2-1-3-8/h7H,1-3H2,8H3. The van der Waals surface area contributed by atoms with Gasteiger partial charge >= 0.3 is 0 Å². The van der Waals surface area contributed by atoms with Gasteiger partial charge in [0, 0.05) is 10.2 Å². The van der Waals surface area contributed by atoms with Crippen molar-refractivity contribution in [3.8, 4) is 0 Å². The van der Waals surface area contributed by atoms with Crippen molar-refractivity contribution in [3.63, 3.8) is 0 Å². The van der Waals surface area contributed by atoms with Crippen LogP contribution in [-0.2, 0) is 15.2 Å². The van der Waals surface area contributed by atoms with Gasteiger partial charge in [0.15, 0.2) is 0 Å². The molecule has 0 heterocycles. The summed E-state index contributed by atoms with van der Waals surface area (Å²) in [4.78, 5) is 0. The zero-order chi connectivity index (χ0) is 6.41. The van der Waals surface area contributed by atoms with E-state index in [0.29, 0.717) is 6.61 Å². The lowest BCUT2D eigenvalue weighted by Gasteiger charge is -1.89. The zero-order valence-corrected chi connectivity index (χ0v) is 7.69. The van der Waals surface area contributed by atoms with E-state index < -0.39 is 11.0 Å². The van der Waals surface area contributed by atoms with Crippen LogP contribution in [0.15, 0.2) is 0 Å². The molecule has 0 aromatic heterocycles. The normalized spacial score (nSPS) is 10.6. The molecule has 0 aromatic rings. The molecular weight excluding hydrogens is 144 g/mol. The van der Waals surface area contributed by atoms with Gasteiger partial charge < -0.3 is 0 Å². The summed E-state index contributed by atoms with van der Waals surface area (Å²) in [6, 6.07) is 1.10. The Hall–Kier alpha value is 0.127. The Bertz CT molecular complexity index is 103. The van der Waals surface area contributed by atoms with Crippen molar-refractivity contribution in [2.45, 2.75) is 12.5 Å². The molecule has 0 saturated carbocycles. The maximum Gasteiger partial charge on any atom is 0.257 e. The minimum Gasteiger partial charge on any atom is -0.272 e. The Labute approximate surface area is 53.6 Å². The second-order valence-corrected chi connectivity index (χ2v) is 3.12. The number of hydrogen-bond acceptors (Lipinski definition) is 3. The second kappa shape index (κ2) is 5.27. The van der Waals surface area contributed by atoms with E-state index in [1.807, 2.05) is 0 Å². The summed E-state index contributed by atoms with van der Waals surface area (Å²) in [5.74, 6) is 0. The van der Waals surface area contributed by atoms with Crippen molar-refractivity contribution < 1.29 is 12.6 Å². The van der Waals surface area contributed by atoms with Crippen LogP contribution in [-0.4, -0.2) is 25.3 Å². The monoisotopic (exact) mass is 154 g/mol. The molecule has 0 spiro atoms. The molecule has 0 N–H and O–H groups in total. The molecule has 0 bridgehead atoms.